The quantitative estimate of drug-likeness (QED) is 0.636. The van der Waals surface area contributed by atoms with Gasteiger partial charge in [0, 0.05) is 10.1 Å². The molecule has 0 N–H and O–H groups in total. The number of ketones is 1. The topological polar surface area (TPSA) is 17.1 Å². The van der Waals surface area contributed by atoms with E-state index < -0.39 is 0 Å². The summed E-state index contributed by atoms with van der Waals surface area (Å²) in [6.45, 7) is 0. The predicted octanol–water partition coefficient (Wildman–Crippen LogP) is 4.78. The molecule has 0 spiro atoms. The molecule has 0 aromatic rings. The van der Waals surface area contributed by atoms with Gasteiger partial charge in [0.05, 0.1) is 0 Å². The molecule has 1 atom stereocenters. The van der Waals surface area contributed by atoms with Crippen molar-refractivity contribution in [3.8, 4) is 0 Å². The largest absolute Gasteiger partial charge is 0.289 e. The number of fused-ring (bicyclic) bond motifs is 1. The number of hydrogen-bond donors (Lipinski definition) is 0. The molecule has 0 heterocycles. The van der Waals surface area contributed by atoms with Crippen molar-refractivity contribution in [3.63, 3.8) is 0 Å². The second-order valence-corrected chi connectivity index (χ2v) is 6.21. The van der Waals surface area contributed by atoms with Crippen LogP contribution in [0.3, 0.4) is 0 Å². The van der Waals surface area contributed by atoms with Gasteiger partial charge in [-0.25, -0.2) is 0 Å². The van der Waals surface area contributed by atoms with E-state index >= 15 is 0 Å². The van der Waals surface area contributed by atoms with Crippen LogP contribution in [0.5, 0.6) is 0 Å². The lowest BCUT2D eigenvalue weighted by Gasteiger charge is -2.23. The Hall–Kier alpha value is -1.15. The molecule has 98 valence electrons. The van der Waals surface area contributed by atoms with Gasteiger partial charge in [-0.15, -0.1) is 0 Å². The summed E-state index contributed by atoms with van der Waals surface area (Å²) in [5.41, 5.74) is 3.25. The second kappa shape index (κ2) is 5.46. The number of allylic oxidation sites excluding steroid dienone is 10. The zero-order chi connectivity index (χ0) is 13.2. The first-order valence-electron chi connectivity index (χ1n) is 6.93. The van der Waals surface area contributed by atoms with E-state index in [2.05, 4.69) is 52.4 Å². The Morgan fingerprint density at radius 1 is 1.16 bits per heavy atom. The summed E-state index contributed by atoms with van der Waals surface area (Å²) in [5.74, 6) is 0.634. The van der Waals surface area contributed by atoms with Gasteiger partial charge < -0.3 is 0 Å². The Morgan fingerprint density at radius 2 is 2.00 bits per heavy atom. The van der Waals surface area contributed by atoms with Gasteiger partial charge in [0.1, 0.15) is 0 Å². The van der Waals surface area contributed by atoms with Crippen molar-refractivity contribution >= 4 is 21.7 Å². The van der Waals surface area contributed by atoms with Gasteiger partial charge in [-0.1, -0.05) is 52.4 Å². The highest BCUT2D eigenvalue weighted by Gasteiger charge is 2.25. The summed E-state index contributed by atoms with van der Waals surface area (Å²) in [6, 6.07) is 0. The summed E-state index contributed by atoms with van der Waals surface area (Å²) in [6.07, 6.45) is 18.0. The van der Waals surface area contributed by atoms with Crippen LogP contribution in [0, 0.1) is 5.92 Å². The van der Waals surface area contributed by atoms with Crippen molar-refractivity contribution in [2.75, 3.05) is 0 Å². The van der Waals surface area contributed by atoms with Crippen LogP contribution in [-0.2, 0) is 4.79 Å². The van der Waals surface area contributed by atoms with Crippen LogP contribution in [0.2, 0.25) is 0 Å². The van der Waals surface area contributed by atoms with E-state index in [1.54, 1.807) is 0 Å². The van der Waals surface area contributed by atoms with Gasteiger partial charge >= 0.3 is 0 Å². The Balaban J connectivity index is 1.80. The monoisotopic (exact) mass is 316 g/mol. The first-order valence-corrected chi connectivity index (χ1v) is 7.72. The average molecular weight is 317 g/mol. The molecule has 2 heteroatoms. The number of halogens is 1. The normalized spacial score (nSPS) is 28.7. The SMILES string of the molecule is O=C1C2=CCCC=C2CC/C1=C\C1C=CC(Br)=CC1. The molecule has 3 aliphatic rings. The van der Waals surface area contributed by atoms with E-state index in [9.17, 15) is 4.79 Å². The fraction of sp³-hybridized carbons (Fsp3) is 0.353. The fourth-order valence-electron chi connectivity index (χ4n) is 2.91. The van der Waals surface area contributed by atoms with Crippen LogP contribution >= 0.6 is 15.9 Å². The molecule has 0 aromatic heterocycles. The zero-order valence-corrected chi connectivity index (χ0v) is 12.4. The van der Waals surface area contributed by atoms with Crippen LogP contribution in [0.25, 0.3) is 0 Å². The molecule has 1 saturated carbocycles. The molecule has 0 radical (unpaired) electrons. The summed E-state index contributed by atoms with van der Waals surface area (Å²) < 4.78 is 1.14. The van der Waals surface area contributed by atoms with E-state index in [1.165, 1.54) is 5.57 Å². The van der Waals surface area contributed by atoms with Gasteiger partial charge in [-0.2, -0.15) is 0 Å². The second-order valence-electron chi connectivity index (χ2n) is 5.29. The third kappa shape index (κ3) is 2.74. The van der Waals surface area contributed by atoms with Crippen molar-refractivity contribution in [1.29, 1.82) is 0 Å². The molecule has 0 aliphatic heterocycles. The lowest BCUT2D eigenvalue weighted by Crippen LogP contribution is -2.17. The standard InChI is InChI=1S/C17H17BrO/c18-15-9-5-12(6-10-15)11-14-8-7-13-3-1-2-4-16(13)17(14)19/h3-5,9-12H,1-2,6-8H2/b14-11+. The molecule has 0 bridgehead atoms. The molecule has 0 aromatic carbocycles. The van der Waals surface area contributed by atoms with Crippen LogP contribution in [0.4, 0.5) is 0 Å². The maximum absolute atomic E-state index is 12.5. The van der Waals surface area contributed by atoms with Crippen molar-refractivity contribution in [3.05, 3.63) is 57.7 Å². The summed E-state index contributed by atoms with van der Waals surface area (Å²) in [7, 11) is 0. The van der Waals surface area contributed by atoms with E-state index in [0.29, 0.717) is 5.92 Å². The Morgan fingerprint density at radius 3 is 2.79 bits per heavy atom. The lowest BCUT2D eigenvalue weighted by molar-refractivity contribution is -0.112. The first-order chi connectivity index (χ1) is 9.24. The number of hydrogen-bond acceptors (Lipinski definition) is 1. The molecule has 3 aliphatic carbocycles. The minimum Gasteiger partial charge on any atom is -0.289 e. The van der Waals surface area contributed by atoms with Gasteiger partial charge in [0.2, 0.25) is 0 Å². The van der Waals surface area contributed by atoms with E-state index in [-0.39, 0.29) is 5.78 Å². The number of rotatable bonds is 1. The minimum absolute atomic E-state index is 0.263. The van der Waals surface area contributed by atoms with Crippen molar-refractivity contribution in [2.24, 2.45) is 5.92 Å². The lowest BCUT2D eigenvalue weighted by atomic mass is 9.80. The highest BCUT2D eigenvalue weighted by molar-refractivity contribution is 9.11. The van der Waals surface area contributed by atoms with Gasteiger partial charge in [-0.05, 0) is 49.2 Å². The molecular weight excluding hydrogens is 300 g/mol. The molecule has 0 saturated heterocycles. The predicted molar refractivity (Wildman–Crippen MR) is 82.0 cm³/mol. The minimum atomic E-state index is 0.263. The zero-order valence-electron chi connectivity index (χ0n) is 10.9. The smallest absolute Gasteiger partial charge is 0.188 e. The molecule has 3 rings (SSSR count). The third-order valence-corrected chi connectivity index (χ3v) is 4.54. The van der Waals surface area contributed by atoms with Crippen LogP contribution in [-0.4, -0.2) is 5.78 Å². The summed E-state index contributed by atoms with van der Waals surface area (Å²) in [4.78, 5) is 12.5. The summed E-state index contributed by atoms with van der Waals surface area (Å²) in [5, 5.41) is 0. The number of carbonyl (C=O) groups excluding carboxylic acids is 1. The number of carbonyl (C=O) groups is 1. The molecule has 1 nitrogen and oxygen atoms in total. The van der Waals surface area contributed by atoms with E-state index in [0.717, 1.165) is 47.7 Å². The molecule has 0 amide bonds. The molecular formula is C17H17BrO. The highest BCUT2D eigenvalue weighted by Crippen LogP contribution is 2.34. The third-order valence-electron chi connectivity index (χ3n) is 3.95. The average Bonchev–Trinajstić information content (AvgIpc) is 2.45. The maximum Gasteiger partial charge on any atom is 0.188 e. The first kappa shape index (κ1) is 12.9. The maximum atomic E-state index is 12.5. The van der Waals surface area contributed by atoms with Crippen molar-refractivity contribution < 1.29 is 4.79 Å². The Kier molecular flexibility index (Phi) is 3.69. The molecule has 1 unspecified atom stereocenters. The van der Waals surface area contributed by atoms with Gasteiger partial charge in [0.25, 0.3) is 0 Å². The Labute approximate surface area is 122 Å². The van der Waals surface area contributed by atoms with Crippen LogP contribution in [0.1, 0.15) is 32.1 Å². The van der Waals surface area contributed by atoms with Gasteiger partial charge in [-0.3, -0.25) is 4.79 Å². The summed E-state index contributed by atoms with van der Waals surface area (Å²) >= 11 is 3.47. The van der Waals surface area contributed by atoms with E-state index in [4.69, 9.17) is 0 Å². The fourth-order valence-corrected chi connectivity index (χ4v) is 3.25. The van der Waals surface area contributed by atoms with Crippen molar-refractivity contribution in [1.82, 2.24) is 0 Å². The van der Waals surface area contributed by atoms with Crippen molar-refractivity contribution in [2.45, 2.75) is 32.1 Å². The number of Topliss-reactive ketones (excluding diaryl/α,β-unsaturated/α-hetero) is 1. The van der Waals surface area contributed by atoms with Gasteiger partial charge in [0.15, 0.2) is 5.78 Å². The Bertz CT molecular complexity index is 558. The molecule has 1 fully saturated rings. The van der Waals surface area contributed by atoms with E-state index in [1.807, 2.05) is 0 Å². The molecule has 19 heavy (non-hydrogen) atoms. The van der Waals surface area contributed by atoms with Crippen LogP contribution in [0.15, 0.2) is 57.7 Å². The highest BCUT2D eigenvalue weighted by atomic mass is 79.9. The van der Waals surface area contributed by atoms with Crippen LogP contribution < -0.4 is 0 Å².